The maximum atomic E-state index is 11.3. The Morgan fingerprint density at radius 2 is 2.29 bits per heavy atom. The van der Waals surface area contributed by atoms with Crippen LogP contribution in [-0.4, -0.2) is 14.8 Å². The topological polar surface area (TPSA) is 76.7 Å². The molecule has 0 atom stereocenters. The molecule has 0 saturated heterocycles. The van der Waals surface area contributed by atoms with Gasteiger partial charge >= 0.3 is 0 Å². The third-order valence-corrected chi connectivity index (χ3v) is 2.74. The minimum absolute atomic E-state index is 0.130. The first-order valence-corrected chi connectivity index (χ1v) is 5.64. The molecule has 2 heterocycles. The molecule has 0 aliphatic heterocycles. The molecule has 0 aliphatic rings. The highest BCUT2D eigenvalue weighted by molar-refractivity contribution is 5.67. The second kappa shape index (κ2) is 4.45. The number of anilines is 1. The number of pyridine rings is 1. The number of hydrogen-bond donors (Lipinski definition) is 2. The molecule has 0 bridgehead atoms. The van der Waals surface area contributed by atoms with Crippen LogP contribution in [-0.2, 0) is 13.5 Å². The van der Waals surface area contributed by atoms with Crippen LogP contribution in [0.3, 0.4) is 0 Å². The Morgan fingerprint density at radius 3 is 2.94 bits per heavy atom. The van der Waals surface area contributed by atoms with Crippen molar-refractivity contribution in [2.24, 2.45) is 7.05 Å². The Morgan fingerprint density at radius 1 is 1.53 bits per heavy atom. The lowest BCUT2D eigenvalue weighted by atomic mass is 10.1. The van der Waals surface area contributed by atoms with E-state index in [-0.39, 0.29) is 5.56 Å². The lowest BCUT2D eigenvalue weighted by molar-refractivity contribution is 0.781. The third-order valence-electron chi connectivity index (χ3n) is 2.74. The van der Waals surface area contributed by atoms with Crippen molar-refractivity contribution < 1.29 is 0 Å². The first-order valence-electron chi connectivity index (χ1n) is 5.64. The number of nitrogens with zero attached hydrogens (tertiary/aromatic N) is 2. The van der Waals surface area contributed by atoms with Crippen LogP contribution in [0.25, 0.3) is 11.3 Å². The van der Waals surface area contributed by atoms with Gasteiger partial charge < -0.3 is 10.7 Å². The zero-order valence-electron chi connectivity index (χ0n) is 10.0. The summed E-state index contributed by atoms with van der Waals surface area (Å²) in [6.07, 6.45) is 3.48. The fourth-order valence-electron chi connectivity index (χ4n) is 1.90. The average Bonchev–Trinajstić information content (AvgIpc) is 2.58. The van der Waals surface area contributed by atoms with Gasteiger partial charge in [0.05, 0.1) is 5.69 Å². The molecule has 90 valence electrons. The van der Waals surface area contributed by atoms with Gasteiger partial charge in [0.1, 0.15) is 5.82 Å². The summed E-state index contributed by atoms with van der Waals surface area (Å²) in [6.45, 7) is 2.09. The van der Waals surface area contributed by atoms with Crippen molar-refractivity contribution in [1.82, 2.24) is 14.8 Å². The van der Waals surface area contributed by atoms with Crippen molar-refractivity contribution in [3.8, 4) is 11.3 Å². The molecule has 0 aliphatic carbocycles. The SMILES string of the molecule is CCCc1c(-c2cc[nH]c(=O)c2)nn(C)c1N. The van der Waals surface area contributed by atoms with Gasteiger partial charge in [-0.2, -0.15) is 5.10 Å². The number of hydrogen-bond acceptors (Lipinski definition) is 3. The molecule has 3 N–H and O–H groups in total. The maximum absolute atomic E-state index is 11.3. The Labute approximate surface area is 99.3 Å². The molecule has 0 saturated carbocycles. The molecule has 0 aromatic carbocycles. The Kier molecular flexibility index (Phi) is 2.99. The molecule has 5 heteroatoms. The van der Waals surface area contributed by atoms with Gasteiger partial charge in [-0.05, 0) is 12.5 Å². The number of nitrogens with two attached hydrogens (primary N) is 1. The van der Waals surface area contributed by atoms with E-state index in [0.717, 1.165) is 29.7 Å². The molecule has 0 fully saturated rings. The largest absolute Gasteiger partial charge is 0.384 e. The molecule has 0 amide bonds. The van der Waals surface area contributed by atoms with Gasteiger partial charge in [-0.3, -0.25) is 9.48 Å². The van der Waals surface area contributed by atoms with Crippen LogP contribution < -0.4 is 11.3 Å². The molecule has 17 heavy (non-hydrogen) atoms. The van der Waals surface area contributed by atoms with E-state index in [2.05, 4.69) is 17.0 Å². The fraction of sp³-hybridized carbons (Fsp3) is 0.333. The highest BCUT2D eigenvalue weighted by Crippen LogP contribution is 2.26. The average molecular weight is 232 g/mol. The van der Waals surface area contributed by atoms with Gasteiger partial charge in [-0.1, -0.05) is 13.3 Å². The normalized spacial score (nSPS) is 10.7. The second-order valence-electron chi connectivity index (χ2n) is 4.03. The lowest BCUT2D eigenvalue weighted by Crippen LogP contribution is -2.03. The monoisotopic (exact) mass is 232 g/mol. The van der Waals surface area contributed by atoms with Crippen molar-refractivity contribution in [3.05, 3.63) is 34.2 Å². The van der Waals surface area contributed by atoms with E-state index in [9.17, 15) is 4.79 Å². The van der Waals surface area contributed by atoms with Gasteiger partial charge in [-0.15, -0.1) is 0 Å². The molecule has 0 unspecified atom stereocenters. The fourth-order valence-corrected chi connectivity index (χ4v) is 1.90. The number of aromatic amines is 1. The number of H-pyrrole nitrogens is 1. The summed E-state index contributed by atoms with van der Waals surface area (Å²) in [5, 5.41) is 4.38. The number of rotatable bonds is 3. The van der Waals surface area contributed by atoms with E-state index in [0.29, 0.717) is 5.82 Å². The predicted molar refractivity (Wildman–Crippen MR) is 67.7 cm³/mol. The Bertz CT molecular complexity index is 582. The number of aryl methyl sites for hydroxylation is 1. The Hall–Kier alpha value is -2.04. The van der Waals surface area contributed by atoms with Crippen LogP contribution in [0.4, 0.5) is 5.82 Å². The van der Waals surface area contributed by atoms with E-state index >= 15 is 0 Å². The molecule has 2 aromatic heterocycles. The Balaban J connectivity index is 2.58. The van der Waals surface area contributed by atoms with Crippen molar-refractivity contribution in [1.29, 1.82) is 0 Å². The molecular weight excluding hydrogens is 216 g/mol. The van der Waals surface area contributed by atoms with E-state index in [1.54, 1.807) is 16.9 Å². The van der Waals surface area contributed by atoms with Crippen LogP contribution in [0.15, 0.2) is 23.1 Å². The van der Waals surface area contributed by atoms with Gasteiger partial charge in [0.2, 0.25) is 5.56 Å². The van der Waals surface area contributed by atoms with E-state index < -0.39 is 0 Å². The first-order chi connectivity index (χ1) is 8.13. The molecular formula is C12H16N4O. The van der Waals surface area contributed by atoms with Crippen LogP contribution in [0.5, 0.6) is 0 Å². The number of nitrogens with one attached hydrogen (secondary N) is 1. The van der Waals surface area contributed by atoms with Crippen LogP contribution in [0, 0.1) is 0 Å². The summed E-state index contributed by atoms with van der Waals surface area (Å²) in [4.78, 5) is 13.9. The molecule has 0 spiro atoms. The van der Waals surface area contributed by atoms with Gasteiger partial charge in [0.25, 0.3) is 0 Å². The smallest absolute Gasteiger partial charge is 0.248 e. The number of aromatic nitrogens is 3. The quantitative estimate of drug-likeness (QED) is 0.837. The zero-order chi connectivity index (χ0) is 12.4. The van der Waals surface area contributed by atoms with Gasteiger partial charge in [0.15, 0.2) is 0 Å². The van der Waals surface area contributed by atoms with Crippen LogP contribution in [0.1, 0.15) is 18.9 Å². The van der Waals surface area contributed by atoms with Gasteiger partial charge in [0, 0.05) is 30.4 Å². The molecule has 0 radical (unpaired) electrons. The summed E-state index contributed by atoms with van der Waals surface area (Å²) in [5.74, 6) is 0.669. The van der Waals surface area contributed by atoms with Crippen molar-refractivity contribution in [2.45, 2.75) is 19.8 Å². The highest BCUT2D eigenvalue weighted by atomic mass is 16.1. The zero-order valence-corrected chi connectivity index (χ0v) is 10.0. The standard InChI is InChI=1S/C12H16N4O/c1-3-4-9-11(15-16(2)12(9)13)8-5-6-14-10(17)7-8/h5-7H,3-4,13H2,1-2H3,(H,14,17). The summed E-state index contributed by atoms with van der Waals surface area (Å²) in [5.41, 5.74) is 8.48. The van der Waals surface area contributed by atoms with Crippen molar-refractivity contribution >= 4 is 5.82 Å². The molecule has 2 rings (SSSR count). The van der Waals surface area contributed by atoms with Gasteiger partial charge in [-0.25, -0.2) is 0 Å². The minimum atomic E-state index is -0.130. The maximum Gasteiger partial charge on any atom is 0.248 e. The lowest BCUT2D eigenvalue weighted by Gasteiger charge is -2.01. The molecule has 5 nitrogen and oxygen atoms in total. The first kappa shape index (κ1) is 11.4. The minimum Gasteiger partial charge on any atom is -0.384 e. The van der Waals surface area contributed by atoms with E-state index in [1.807, 2.05) is 13.1 Å². The summed E-state index contributed by atoms with van der Waals surface area (Å²) in [7, 11) is 1.81. The van der Waals surface area contributed by atoms with Crippen molar-refractivity contribution in [2.75, 3.05) is 5.73 Å². The third kappa shape index (κ3) is 2.08. The second-order valence-corrected chi connectivity index (χ2v) is 4.03. The summed E-state index contributed by atoms with van der Waals surface area (Å²) < 4.78 is 1.65. The van der Waals surface area contributed by atoms with Crippen LogP contribution >= 0.6 is 0 Å². The summed E-state index contributed by atoms with van der Waals surface area (Å²) >= 11 is 0. The predicted octanol–water partition coefficient (Wildman–Crippen LogP) is 1.31. The van der Waals surface area contributed by atoms with Crippen LogP contribution in [0.2, 0.25) is 0 Å². The van der Waals surface area contributed by atoms with E-state index in [4.69, 9.17) is 5.73 Å². The van der Waals surface area contributed by atoms with E-state index in [1.165, 1.54) is 0 Å². The van der Waals surface area contributed by atoms with Crippen molar-refractivity contribution in [3.63, 3.8) is 0 Å². The number of nitrogen functional groups attached to an aromatic ring is 1. The highest BCUT2D eigenvalue weighted by Gasteiger charge is 2.14. The summed E-state index contributed by atoms with van der Waals surface area (Å²) in [6, 6.07) is 3.38. The molecule has 2 aromatic rings.